The van der Waals surface area contributed by atoms with Crippen molar-refractivity contribution in [1.29, 1.82) is 0 Å². The molecule has 0 atom stereocenters. The van der Waals surface area contributed by atoms with E-state index < -0.39 is 5.97 Å². The fourth-order valence-corrected chi connectivity index (χ4v) is 5.04. The summed E-state index contributed by atoms with van der Waals surface area (Å²) in [6.45, 7) is 0. The van der Waals surface area contributed by atoms with E-state index in [2.05, 4.69) is 35.3 Å². The monoisotopic (exact) mass is 463 g/mol. The van der Waals surface area contributed by atoms with Crippen molar-refractivity contribution in [2.45, 2.75) is 32.1 Å². The largest absolute Gasteiger partial charge is 1.00 e. The molecule has 0 saturated heterocycles. The van der Waals surface area contributed by atoms with E-state index in [9.17, 15) is 9.90 Å². The normalized spacial score (nSPS) is 14.6. The summed E-state index contributed by atoms with van der Waals surface area (Å²) in [5, 5.41) is 11.3. The van der Waals surface area contributed by atoms with Crippen LogP contribution in [-0.2, 0) is 11.2 Å². The van der Waals surface area contributed by atoms with E-state index in [1.54, 1.807) is 0 Å². The van der Waals surface area contributed by atoms with Gasteiger partial charge >= 0.3 is 29.6 Å². The summed E-state index contributed by atoms with van der Waals surface area (Å²) in [4.78, 5) is 15.4. The maximum absolute atomic E-state index is 10.8. The minimum absolute atomic E-state index is 0. The van der Waals surface area contributed by atoms with E-state index in [1.165, 1.54) is 11.8 Å². The zero-order valence-corrected chi connectivity index (χ0v) is 21.2. The number of halogens is 1. The van der Waals surface area contributed by atoms with Crippen LogP contribution in [-0.4, -0.2) is 22.5 Å². The summed E-state index contributed by atoms with van der Waals surface area (Å²) in [5.41, 5.74) is 4.65. The van der Waals surface area contributed by atoms with Crippen LogP contribution in [0.25, 0.3) is 23.3 Å². The fourth-order valence-electron chi connectivity index (χ4n) is 3.55. The number of furan rings is 1. The molecular weight excluding hydrogens is 441 g/mol. The van der Waals surface area contributed by atoms with E-state index in [0.29, 0.717) is 16.1 Å². The third-order valence-electron chi connectivity index (χ3n) is 5.43. The van der Waals surface area contributed by atoms with Gasteiger partial charge in [0.1, 0.15) is 16.8 Å². The van der Waals surface area contributed by atoms with Crippen LogP contribution in [0, 0.1) is 5.41 Å². The van der Waals surface area contributed by atoms with Gasteiger partial charge in [-0.3, -0.25) is 0 Å². The molecule has 4 rings (SSSR count). The van der Waals surface area contributed by atoms with Gasteiger partial charge in [0.05, 0.1) is 5.69 Å². The number of carboxylic acids is 1. The number of hydrogen-bond donors (Lipinski definition) is 0. The Balaban J connectivity index is 0.00000272. The first-order valence-corrected chi connectivity index (χ1v) is 11.6. The fraction of sp³-hybridized carbons (Fsp3) is 0.333. The number of pyridine rings is 1. The first kappa shape index (κ1) is 24.4. The van der Waals surface area contributed by atoms with Gasteiger partial charge in [0.2, 0.25) is 0 Å². The molecule has 2 heterocycles. The number of aryl methyl sites for hydroxylation is 1. The van der Waals surface area contributed by atoms with Gasteiger partial charge in [-0.2, -0.15) is 11.8 Å². The predicted molar refractivity (Wildman–Crippen MR) is 121 cm³/mol. The molecule has 3 aromatic rings. The summed E-state index contributed by atoms with van der Waals surface area (Å²) in [7, 11) is 0. The van der Waals surface area contributed by atoms with Crippen molar-refractivity contribution >= 4 is 52.6 Å². The number of benzene rings is 1. The molecule has 7 heteroatoms. The summed E-state index contributed by atoms with van der Waals surface area (Å²) >= 11 is 7.96. The SMILES string of the molecule is O=C([O-])CC1(CSCCCc2cccc(C=Cc3ccc4occ(Cl)c4n3)c2)CC1.[Na+]. The third-order valence-corrected chi connectivity index (χ3v) is 7.09. The molecule has 31 heavy (non-hydrogen) atoms. The first-order valence-electron chi connectivity index (χ1n) is 10.1. The molecule has 4 nitrogen and oxygen atoms in total. The minimum atomic E-state index is -0.916. The molecule has 0 unspecified atom stereocenters. The van der Waals surface area contributed by atoms with Crippen molar-refractivity contribution in [1.82, 2.24) is 4.98 Å². The average molecular weight is 464 g/mol. The van der Waals surface area contributed by atoms with E-state index in [-0.39, 0.29) is 41.4 Å². The summed E-state index contributed by atoms with van der Waals surface area (Å²) in [5.74, 6) is 1.06. The number of aliphatic carboxylic acids is 1. The van der Waals surface area contributed by atoms with Crippen molar-refractivity contribution in [3.63, 3.8) is 0 Å². The van der Waals surface area contributed by atoms with Crippen molar-refractivity contribution < 1.29 is 43.9 Å². The van der Waals surface area contributed by atoms with Crippen LogP contribution in [0.15, 0.2) is 47.1 Å². The van der Waals surface area contributed by atoms with Gasteiger partial charge < -0.3 is 14.3 Å². The Bertz CT molecular complexity index is 1080. The van der Waals surface area contributed by atoms with Gasteiger partial charge in [0.25, 0.3) is 0 Å². The smallest absolute Gasteiger partial charge is 0.550 e. The van der Waals surface area contributed by atoms with Crippen LogP contribution in [0.3, 0.4) is 0 Å². The standard InChI is InChI=1S/C24H24ClNO3S.Na/c25-20-15-29-21-9-8-19(26-23(20)21)7-6-18-4-1-3-17(13-18)5-2-12-30-16-24(10-11-24)14-22(27)28;/h1,3-4,6-9,13,15H,2,5,10-12,14,16H2,(H,27,28);/q;+1/p-1. The maximum atomic E-state index is 10.8. The van der Waals surface area contributed by atoms with Crippen molar-refractivity contribution in [3.8, 4) is 0 Å². The van der Waals surface area contributed by atoms with E-state index in [1.807, 2.05) is 30.0 Å². The number of carboxylic acid groups (broad SMARTS) is 1. The molecule has 1 aliphatic rings. The topological polar surface area (TPSA) is 66.2 Å². The van der Waals surface area contributed by atoms with E-state index >= 15 is 0 Å². The number of nitrogens with zero attached hydrogens (tertiary/aromatic N) is 1. The summed E-state index contributed by atoms with van der Waals surface area (Å²) in [6, 6.07) is 12.3. The van der Waals surface area contributed by atoms with Gasteiger partial charge in [0, 0.05) is 5.97 Å². The van der Waals surface area contributed by atoms with Gasteiger partial charge in [0.15, 0.2) is 5.58 Å². The molecule has 0 radical (unpaired) electrons. The molecular formula is C24H23ClNNaO3S. The van der Waals surface area contributed by atoms with E-state index in [4.69, 9.17) is 16.0 Å². The average Bonchev–Trinajstić information content (AvgIpc) is 3.39. The van der Waals surface area contributed by atoms with Crippen LogP contribution in [0.2, 0.25) is 5.02 Å². The Morgan fingerprint density at radius 1 is 1.26 bits per heavy atom. The Hall–Kier alpha value is -1.24. The number of fused-ring (bicyclic) bond motifs is 1. The van der Waals surface area contributed by atoms with Crippen LogP contribution in [0.5, 0.6) is 0 Å². The quantitative estimate of drug-likeness (QED) is 0.341. The summed E-state index contributed by atoms with van der Waals surface area (Å²) < 4.78 is 5.33. The van der Waals surface area contributed by atoms with Crippen LogP contribution in [0.1, 0.15) is 42.5 Å². The molecule has 0 amide bonds. The molecule has 0 bridgehead atoms. The summed E-state index contributed by atoms with van der Waals surface area (Å²) in [6.07, 6.45) is 9.88. The number of rotatable bonds is 10. The molecule has 156 valence electrons. The molecule has 1 aromatic carbocycles. The Morgan fingerprint density at radius 3 is 2.87 bits per heavy atom. The Morgan fingerprint density at radius 2 is 2.10 bits per heavy atom. The van der Waals surface area contributed by atoms with Crippen molar-refractivity contribution in [3.05, 3.63) is 64.5 Å². The van der Waals surface area contributed by atoms with E-state index in [0.717, 1.165) is 48.4 Å². The molecule has 0 N–H and O–H groups in total. The molecule has 0 aliphatic heterocycles. The molecule has 1 fully saturated rings. The number of aromatic nitrogens is 1. The van der Waals surface area contributed by atoms with Crippen LogP contribution < -0.4 is 34.7 Å². The minimum Gasteiger partial charge on any atom is -0.550 e. The van der Waals surface area contributed by atoms with Gasteiger partial charge in [-0.25, -0.2) is 4.98 Å². The van der Waals surface area contributed by atoms with Crippen LogP contribution in [0.4, 0.5) is 0 Å². The van der Waals surface area contributed by atoms with Crippen molar-refractivity contribution in [2.24, 2.45) is 5.41 Å². The number of thioether (sulfide) groups is 1. The molecule has 1 aliphatic carbocycles. The zero-order valence-electron chi connectivity index (χ0n) is 17.6. The molecule has 1 saturated carbocycles. The number of carbonyl (C=O) groups excluding carboxylic acids is 1. The second-order valence-electron chi connectivity index (χ2n) is 7.95. The Kier molecular flexibility index (Phi) is 8.71. The van der Waals surface area contributed by atoms with Crippen molar-refractivity contribution in [2.75, 3.05) is 11.5 Å². The second-order valence-corrected chi connectivity index (χ2v) is 9.46. The zero-order chi connectivity index (χ0) is 21.0. The molecule has 2 aromatic heterocycles. The number of carbonyl (C=O) groups is 1. The maximum Gasteiger partial charge on any atom is 1.00 e. The second kappa shape index (κ2) is 11.1. The molecule has 0 spiro atoms. The van der Waals surface area contributed by atoms with Gasteiger partial charge in [-0.1, -0.05) is 41.9 Å². The predicted octanol–water partition coefficient (Wildman–Crippen LogP) is 2.24. The van der Waals surface area contributed by atoms with Gasteiger partial charge in [-0.15, -0.1) is 0 Å². The Labute approximate surface area is 213 Å². The van der Waals surface area contributed by atoms with Crippen LogP contribution >= 0.6 is 23.4 Å². The van der Waals surface area contributed by atoms with Gasteiger partial charge in [-0.05, 0) is 78.4 Å². The number of hydrogen-bond acceptors (Lipinski definition) is 5. The first-order chi connectivity index (χ1) is 14.5. The third kappa shape index (κ3) is 6.87.